The van der Waals surface area contributed by atoms with Gasteiger partial charge in [-0.2, -0.15) is 0 Å². The van der Waals surface area contributed by atoms with Crippen molar-refractivity contribution in [3.63, 3.8) is 0 Å². The number of aromatic amines is 1. The molecule has 0 saturated heterocycles. The molecule has 0 fully saturated rings. The molecule has 0 unspecified atom stereocenters. The third kappa shape index (κ3) is 3.15. The number of methoxy groups -OCH3 is 1. The van der Waals surface area contributed by atoms with Crippen LogP contribution in [-0.4, -0.2) is 29.5 Å². The van der Waals surface area contributed by atoms with E-state index in [2.05, 4.69) is 15.3 Å². The van der Waals surface area contributed by atoms with Gasteiger partial charge >= 0.3 is 0 Å². The molecule has 0 atom stereocenters. The number of hydrogen-bond donors (Lipinski definition) is 2. The van der Waals surface area contributed by atoms with E-state index in [1.807, 2.05) is 6.20 Å². The largest absolute Gasteiger partial charge is 0.480 e. The maximum atomic E-state index is 13.2. The summed E-state index contributed by atoms with van der Waals surface area (Å²) in [5.74, 6) is -0.212. The summed E-state index contributed by atoms with van der Waals surface area (Å²) in [6, 6.07) is 7.97. The lowest BCUT2D eigenvalue weighted by molar-refractivity contribution is 0.0950. The first-order chi connectivity index (χ1) is 11.2. The summed E-state index contributed by atoms with van der Waals surface area (Å²) in [7, 11) is 1.48. The van der Waals surface area contributed by atoms with Gasteiger partial charge < -0.3 is 15.0 Å². The number of fused-ring (bicyclic) bond motifs is 1. The monoisotopic (exact) mass is 313 g/mol. The van der Waals surface area contributed by atoms with Gasteiger partial charge in [-0.05, 0) is 42.3 Å². The fourth-order valence-electron chi connectivity index (χ4n) is 2.50. The second-order valence-electron chi connectivity index (χ2n) is 5.07. The van der Waals surface area contributed by atoms with Crippen molar-refractivity contribution in [2.75, 3.05) is 13.7 Å². The lowest BCUT2D eigenvalue weighted by atomic mass is 10.1. The van der Waals surface area contributed by atoms with Crippen molar-refractivity contribution in [3.8, 4) is 5.88 Å². The van der Waals surface area contributed by atoms with E-state index in [1.165, 1.54) is 19.2 Å². The van der Waals surface area contributed by atoms with E-state index in [-0.39, 0.29) is 11.7 Å². The Morgan fingerprint density at radius 2 is 2.26 bits per heavy atom. The van der Waals surface area contributed by atoms with Crippen LogP contribution in [0.25, 0.3) is 10.9 Å². The van der Waals surface area contributed by atoms with E-state index in [9.17, 15) is 9.18 Å². The molecule has 0 radical (unpaired) electrons. The van der Waals surface area contributed by atoms with Crippen LogP contribution in [-0.2, 0) is 6.42 Å². The van der Waals surface area contributed by atoms with E-state index in [1.54, 1.807) is 24.4 Å². The van der Waals surface area contributed by atoms with Crippen LogP contribution in [0.1, 0.15) is 15.9 Å². The van der Waals surface area contributed by atoms with Crippen LogP contribution in [0.4, 0.5) is 4.39 Å². The molecule has 0 bridgehead atoms. The van der Waals surface area contributed by atoms with Crippen molar-refractivity contribution in [1.82, 2.24) is 15.3 Å². The first-order valence-electron chi connectivity index (χ1n) is 7.22. The Kier molecular flexibility index (Phi) is 4.23. The molecule has 3 rings (SSSR count). The number of carbonyl (C=O) groups excluding carboxylic acids is 1. The number of carbonyl (C=O) groups is 1. The SMILES string of the molecule is COc1ncccc1C(=O)NCCc1c[nH]c2cc(F)ccc12. The van der Waals surface area contributed by atoms with Crippen LogP contribution in [0.5, 0.6) is 5.88 Å². The van der Waals surface area contributed by atoms with Gasteiger partial charge in [-0.1, -0.05) is 0 Å². The summed E-state index contributed by atoms with van der Waals surface area (Å²) < 4.78 is 18.2. The zero-order chi connectivity index (χ0) is 16.2. The second-order valence-corrected chi connectivity index (χ2v) is 5.07. The van der Waals surface area contributed by atoms with Gasteiger partial charge in [0.2, 0.25) is 5.88 Å². The fourth-order valence-corrected chi connectivity index (χ4v) is 2.50. The quantitative estimate of drug-likeness (QED) is 0.761. The molecule has 0 aliphatic carbocycles. The minimum atomic E-state index is -0.275. The standard InChI is InChI=1S/C17H16FN3O2/c1-23-17-14(3-2-7-20-17)16(22)19-8-6-11-10-21-15-9-12(18)4-5-13(11)15/h2-5,7,9-10,21H,6,8H2,1H3,(H,19,22). The van der Waals surface area contributed by atoms with Gasteiger partial charge in [0.05, 0.1) is 7.11 Å². The normalized spacial score (nSPS) is 10.7. The molecular formula is C17H16FN3O2. The molecule has 118 valence electrons. The minimum absolute atomic E-state index is 0.235. The summed E-state index contributed by atoms with van der Waals surface area (Å²) in [6.07, 6.45) is 4.04. The maximum absolute atomic E-state index is 13.2. The molecule has 2 aromatic heterocycles. The van der Waals surface area contributed by atoms with Crippen LogP contribution < -0.4 is 10.1 Å². The van der Waals surface area contributed by atoms with Gasteiger partial charge in [0.25, 0.3) is 5.91 Å². The molecule has 2 N–H and O–H groups in total. The Bertz CT molecular complexity index is 845. The highest BCUT2D eigenvalue weighted by atomic mass is 19.1. The zero-order valence-corrected chi connectivity index (χ0v) is 12.6. The fraction of sp³-hybridized carbons (Fsp3) is 0.176. The highest BCUT2D eigenvalue weighted by Gasteiger charge is 2.12. The predicted molar refractivity (Wildman–Crippen MR) is 85.1 cm³/mol. The highest BCUT2D eigenvalue weighted by molar-refractivity contribution is 5.96. The maximum Gasteiger partial charge on any atom is 0.256 e. The molecule has 3 aromatic rings. The number of hydrogen-bond acceptors (Lipinski definition) is 3. The topological polar surface area (TPSA) is 67.0 Å². The Hall–Kier alpha value is -2.89. The third-order valence-corrected chi connectivity index (χ3v) is 3.62. The summed E-state index contributed by atoms with van der Waals surface area (Å²) >= 11 is 0. The summed E-state index contributed by atoms with van der Waals surface area (Å²) in [5, 5.41) is 3.80. The average molecular weight is 313 g/mol. The molecule has 0 spiro atoms. The number of H-pyrrole nitrogens is 1. The first kappa shape index (κ1) is 15.0. The van der Waals surface area contributed by atoms with Gasteiger partial charge in [0.15, 0.2) is 0 Å². The number of rotatable bonds is 5. The summed E-state index contributed by atoms with van der Waals surface area (Å²) in [5.41, 5.74) is 2.18. The van der Waals surface area contributed by atoms with Crippen LogP contribution in [0.3, 0.4) is 0 Å². The number of halogens is 1. The predicted octanol–water partition coefficient (Wildman–Crippen LogP) is 2.68. The number of nitrogens with one attached hydrogen (secondary N) is 2. The van der Waals surface area contributed by atoms with Crippen LogP contribution >= 0.6 is 0 Å². The van der Waals surface area contributed by atoms with Crippen molar-refractivity contribution in [2.45, 2.75) is 6.42 Å². The van der Waals surface area contributed by atoms with E-state index in [0.29, 0.717) is 24.4 Å². The van der Waals surface area contributed by atoms with Gasteiger partial charge in [0.1, 0.15) is 11.4 Å². The lowest BCUT2D eigenvalue weighted by Gasteiger charge is -2.07. The Balaban J connectivity index is 1.65. The second kappa shape index (κ2) is 6.48. The van der Waals surface area contributed by atoms with Crippen molar-refractivity contribution in [1.29, 1.82) is 0 Å². The molecule has 0 saturated carbocycles. The van der Waals surface area contributed by atoms with Gasteiger partial charge in [-0.3, -0.25) is 4.79 Å². The number of ether oxygens (including phenoxy) is 1. The van der Waals surface area contributed by atoms with E-state index >= 15 is 0 Å². The van der Waals surface area contributed by atoms with Gasteiger partial charge in [-0.25, -0.2) is 9.37 Å². The minimum Gasteiger partial charge on any atom is -0.480 e. The first-order valence-corrected chi connectivity index (χ1v) is 7.22. The lowest BCUT2D eigenvalue weighted by Crippen LogP contribution is -2.26. The number of benzene rings is 1. The smallest absolute Gasteiger partial charge is 0.256 e. The van der Waals surface area contributed by atoms with Crippen molar-refractivity contribution >= 4 is 16.8 Å². The average Bonchev–Trinajstić information content (AvgIpc) is 2.96. The van der Waals surface area contributed by atoms with Crippen molar-refractivity contribution < 1.29 is 13.9 Å². The number of nitrogens with zero attached hydrogens (tertiary/aromatic N) is 1. The third-order valence-electron chi connectivity index (χ3n) is 3.62. The zero-order valence-electron chi connectivity index (χ0n) is 12.6. The van der Waals surface area contributed by atoms with Crippen LogP contribution in [0, 0.1) is 5.82 Å². The summed E-state index contributed by atoms with van der Waals surface area (Å²) in [6.45, 7) is 0.460. The van der Waals surface area contributed by atoms with Gasteiger partial charge in [-0.15, -0.1) is 0 Å². The Morgan fingerprint density at radius 1 is 1.39 bits per heavy atom. The molecule has 5 nitrogen and oxygen atoms in total. The molecule has 0 aliphatic heterocycles. The van der Waals surface area contributed by atoms with Crippen molar-refractivity contribution in [2.24, 2.45) is 0 Å². The number of aromatic nitrogens is 2. The molecule has 6 heteroatoms. The molecule has 0 aliphatic rings. The van der Waals surface area contributed by atoms with Crippen molar-refractivity contribution in [3.05, 3.63) is 59.7 Å². The van der Waals surface area contributed by atoms with Crippen LogP contribution in [0.2, 0.25) is 0 Å². The molecular weight excluding hydrogens is 297 g/mol. The Labute approximate surface area is 132 Å². The Morgan fingerprint density at radius 3 is 3.09 bits per heavy atom. The molecule has 1 amide bonds. The molecule has 2 heterocycles. The molecule has 1 aromatic carbocycles. The van der Waals surface area contributed by atoms with E-state index < -0.39 is 0 Å². The van der Waals surface area contributed by atoms with Gasteiger partial charge in [0, 0.05) is 29.8 Å². The summed E-state index contributed by atoms with van der Waals surface area (Å²) in [4.78, 5) is 19.2. The highest BCUT2D eigenvalue weighted by Crippen LogP contribution is 2.19. The van der Waals surface area contributed by atoms with Crippen LogP contribution in [0.15, 0.2) is 42.7 Å². The molecule has 23 heavy (non-hydrogen) atoms. The van der Waals surface area contributed by atoms with E-state index in [4.69, 9.17) is 4.74 Å². The number of amides is 1. The number of pyridine rings is 1. The van der Waals surface area contributed by atoms with E-state index in [0.717, 1.165) is 16.5 Å².